The van der Waals surface area contributed by atoms with Crippen LogP contribution in [0.25, 0.3) is 11.3 Å². The molecule has 1 N–H and O–H groups in total. The van der Waals surface area contributed by atoms with Gasteiger partial charge in [-0.1, -0.05) is 51.1 Å². The average molecular weight is 395 g/mol. The molecule has 6 heteroatoms. The number of hydrogen-bond donors (Lipinski definition) is 1. The van der Waals surface area contributed by atoms with Crippen molar-refractivity contribution in [3.63, 3.8) is 0 Å². The van der Waals surface area contributed by atoms with Crippen molar-refractivity contribution in [3.8, 4) is 11.3 Å². The van der Waals surface area contributed by atoms with Gasteiger partial charge in [0.2, 0.25) is 5.91 Å². The maximum Gasteiger partial charge on any atom is 0.226 e. The second-order valence-corrected chi connectivity index (χ2v) is 9.28. The van der Waals surface area contributed by atoms with E-state index >= 15 is 0 Å². The molecule has 1 aromatic carbocycles. The van der Waals surface area contributed by atoms with Gasteiger partial charge in [0, 0.05) is 29.9 Å². The Morgan fingerprint density at radius 1 is 1.10 bits per heavy atom. The predicted octanol–water partition coefficient (Wildman–Crippen LogP) is 5.16. The Labute approximate surface area is 172 Å². The summed E-state index contributed by atoms with van der Waals surface area (Å²) in [5.41, 5.74) is 1.59. The lowest BCUT2D eigenvalue weighted by Gasteiger charge is -2.23. The molecule has 0 unspecified atom stereocenters. The summed E-state index contributed by atoms with van der Waals surface area (Å²) < 4.78 is 7.67. The van der Waals surface area contributed by atoms with Gasteiger partial charge in [-0.2, -0.15) is 5.10 Å². The van der Waals surface area contributed by atoms with Crippen LogP contribution < -0.4 is 5.32 Å². The lowest BCUT2D eigenvalue weighted by atomic mass is 9.92. The molecule has 0 aliphatic rings. The molecular weight excluding hydrogens is 364 g/mol. The highest BCUT2D eigenvalue weighted by Gasteiger charge is 2.25. The second kappa shape index (κ2) is 7.85. The predicted molar refractivity (Wildman–Crippen MR) is 115 cm³/mol. The summed E-state index contributed by atoms with van der Waals surface area (Å²) in [5.74, 6) is 1.89. The zero-order valence-electron chi connectivity index (χ0n) is 18.1. The number of nitrogens with zero attached hydrogens (tertiary/aromatic N) is 3. The second-order valence-electron chi connectivity index (χ2n) is 9.28. The number of carbonyl (C=O) groups excluding carboxylic acids is 1. The molecule has 6 nitrogen and oxygen atoms in total. The minimum atomic E-state index is -0.237. The van der Waals surface area contributed by atoms with E-state index in [1.54, 1.807) is 6.20 Å². The van der Waals surface area contributed by atoms with Crippen molar-refractivity contribution in [3.05, 3.63) is 54.2 Å². The Morgan fingerprint density at radius 3 is 2.41 bits per heavy atom. The largest absolute Gasteiger partial charge is 0.441 e. The SMILES string of the molecule is CC(C)(C)c1cc(NC(=O)CCc2ncc(-c3ccccc3)o2)n(C(C)(C)C)n1. The molecule has 29 heavy (non-hydrogen) atoms. The number of carbonyl (C=O) groups is 1. The maximum atomic E-state index is 12.6. The van der Waals surface area contributed by atoms with Crippen LogP contribution in [0, 0.1) is 0 Å². The summed E-state index contributed by atoms with van der Waals surface area (Å²) in [5, 5.41) is 7.74. The number of hydrogen-bond acceptors (Lipinski definition) is 4. The third kappa shape index (κ3) is 5.13. The molecule has 0 radical (unpaired) electrons. The Bertz CT molecular complexity index is 972. The van der Waals surface area contributed by atoms with Crippen LogP contribution in [0.4, 0.5) is 5.82 Å². The smallest absolute Gasteiger partial charge is 0.226 e. The van der Waals surface area contributed by atoms with Gasteiger partial charge in [-0.25, -0.2) is 9.67 Å². The molecule has 2 aromatic heterocycles. The van der Waals surface area contributed by atoms with Gasteiger partial charge in [0.05, 0.1) is 17.4 Å². The van der Waals surface area contributed by atoms with Crippen molar-refractivity contribution < 1.29 is 9.21 Å². The zero-order valence-corrected chi connectivity index (χ0v) is 18.1. The van der Waals surface area contributed by atoms with Crippen molar-refractivity contribution in [2.24, 2.45) is 0 Å². The lowest BCUT2D eigenvalue weighted by molar-refractivity contribution is -0.116. The fourth-order valence-corrected chi connectivity index (χ4v) is 2.94. The van der Waals surface area contributed by atoms with E-state index in [2.05, 4.69) is 51.8 Å². The Hall–Kier alpha value is -2.89. The first-order chi connectivity index (χ1) is 13.5. The standard InChI is InChI=1S/C23H30N4O2/c1-22(2,3)18-14-19(27(26-18)23(4,5)6)25-20(28)12-13-21-24-15-17(29-21)16-10-8-7-9-11-16/h7-11,14-15H,12-13H2,1-6H3,(H,25,28). The Balaban J connectivity index is 1.67. The third-order valence-corrected chi connectivity index (χ3v) is 4.56. The monoisotopic (exact) mass is 394 g/mol. The van der Waals surface area contributed by atoms with Gasteiger partial charge in [-0.05, 0) is 20.8 Å². The van der Waals surface area contributed by atoms with Crippen molar-refractivity contribution in [1.82, 2.24) is 14.8 Å². The summed E-state index contributed by atoms with van der Waals surface area (Å²) in [6, 6.07) is 11.8. The number of nitrogens with one attached hydrogen (secondary N) is 1. The molecule has 3 rings (SSSR count). The highest BCUT2D eigenvalue weighted by molar-refractivity contribution is 5.90. The average Bonchev–Trinajstić information content (AvgIpc) is 3.27. The Morgan fingerprint density at radius 2 is 1.79 bits per heavy atom. The summed E-state index contributed by atoms with van der Waals surface area (Å²) in [7, 11) is 0. The topological polar surface area (TPSA) is 73.0 Å². The molecule has 1 amide bonds. The van der Waals surface area contributed by atoms with E-state index in [9.17, 15) is 4.79 Å². The van der Waals surface area contributed by atoms with Gasteiger partial charge >= 0.3 is 0 Å². The van der Waals surface area contributed by atoms with Crippen LogP contribution in [-0.2, 0) is 22.2 Å². The van der Waals surface area contributed by atoms with Gasteiger partial charge in [0.15, 0.2) is 11.7 Å². The van der Waals surface area contributed by atoms with Crippen molar-refractivity contribution in [2.75, 3.05) is 5.32 Å². The molecule has 0 saturated heterocycles. The van der Waals surface area contributed by atoms with Gasteiger partial charge in [0.1, 0.15) is 5.82 Å². The first-order valence-corrected chi connectivity index (χ1v) is 9.95. The molecule has 0 bridgehead atoms. The third-order valence-electron chi connectivity index (χ3n) is 4.56. The number of aromatic nitrogens is 3. The molecular formula is C23H30N4O2. The minimum absolute atomic E-state index is 0.0877. The van der Waals surface area contributed by atoms with Crippen LogP contribution >= 0.6 is 0 Å². The summed E-state index contributed by atoms with van der Waals surface area (Å²) in [6.07, 6.45) is 2.43. The normalized spacial score (nSPS) is 12.2. The van der Waals surface area contributed by atoms with E-state index in [1.165, 1.54) is 0 Å². The Kier molecular flexibility index (Phi) is 5.64. The zero-order chi connectivity index (χ0) is 21.2. The van der Waals surface area contributed by atoms with Crippen molar-refractivity contribution in [1.29, 1.82) is 0 Å². The van der Waals surface area contributed by atoms with Gasteiger partial charge in [-0.3, -0.25) is 4.79 Å². The number of rotatable bonds is 5. The number of aryl methyl sites for hydroxylation is 1. The molecule has 2 heterocycles. The molecule has 0 aliphatic heterocycles. The van der Waals surface area contributed by atoms with Crippen LogP contribution in [0.3, 0.4) is 0 Å². The minimum Gasteiger partial charge on any atom is -0.441 e. The molecule has 0 aliphatic carbocycles. The van der Waals surface area contributed by atoms with E-state index in [0.717, 1.165) is 11.3 Å². The summed E-state index contributed by atoms with van der Waals surface area (Å²) in [6.45, 7) is 12.5. The summed E-state index contributed by atoms with van der Waals surface area (Å²) in [4.78, 5) is 16.9. The fraction of sp³-hybridized carbons (Fsp3) is 0.435. The van der Waals surface area contributed by atoms with E-state index < -0.39 is 0 Å². The van der Waals surface area contributed by atoms with Crippen LogP contribution in [-0.4, -0.2) is 20.7 Å². The highest BCUT2D eigenvalue weighted by atomic mass is 16.4. The van der Waals surface area contributed by atoms with Crippen LogP contribution in [0.5, 0.6) is 0 Å². The summed E-state index contributed by atoms with van der Waals surface area (Å²) >= 11 is 0. The first kappa shape index (κ1) is 20.8. The lowest BCUT2D eigenvalue weighted by Crippen LogP contribution is -2.27. The highest BCUT2D eigenvalue weighted by Crippen LogP contribution is 2.28. The quantitative estimate of drug-likeness (QED) is 0.648. The fourth-order valence-electron chi connectivity index (χ4n) is 2.94. The van der Waals surface area contributed by atoms with Gasteiger partial charge in [0.25, 0.3) is 0 Å². The molecule has 0 saturated carbocycles. The van der Waals surface area contributed by atoms with Crippen LogP contribution in [0.15, 0.2) is 47.0 Å². The first-order valence-electron chi connectivity index (χ1n) is 9.95. The van der Waals surface area contributed by atoms with Crippen LogP contribution in [0.1, 0.15) is 59.5 Å². The number of amides is 1. The van der Waals surface area contributed by atoms with Crippen molar-refractivity contribution in [2.45, 2.75) is 65.3 Å². The van der Waals surface area contributed by atoms with Crippen molar-refractivity contribution >= 4 is 11.7 Å². The maximum absolute atomic E-state index is 12.6. The molecule has 0 spiro atoms. The molecule has 3 aromatic rings. The van der Waals surface area contributed by atoms with E-state index in [1.807, 2.05) is 41.1 Å². The number of benzene rings is 1. The molecule has 0 fully saturated rings. The van der Waals surface area contributed by atoms with Gasteiger partial charge < -0.3 is 9.73 Å². The van der Waals surface area contributed by atoms with E-state index in [-0.39, 0.29) is 23.3 Å². The van der Waals surface area contributed by atoms with Gasteiger partial charge in [-0.15, -0.1) is 0 Å². The molecule has 0 atom stereocenters. The number of anilines is 1. The van der Waals surface area contributed by atoms with E-state index in [4.69, 9.17) is 9.52 Å². The number of oxazole rings is 1. The van der Waals surface area contributed by atoms with E-state index in [0.29, 0.717) is 23.9 Å². The van der Waals surface area contributed by atoms with Crippen LogP contribution in [0.2, 0.25) is 0 Å². The molecule has 154 valence electrons.